The number of furan rings is 1. The van der Waals surface area contributed by atoms with Gasteiger partial charge in [0.1, 0.15) is 17.5 Å². The van der Waals surface area contributed by atoms with E-state index in [-0.39, 0.29) is 25.0 Å². The molecule has 146 valence electrons. The van der Waals surface area contributed by atoms with E-state index < -0.39 is 5.60 Å². The van der Waals surface area contributed by atoms with Crippen molar-refractivity contribution in [3.8, 4) is 0 Å². The van der Waals surface area contributed by atoms with Gasteiger partial charge in [0.2, 0.25) is 0 Å². The molecular formula is C20H30O6. The first kappa shape index (κ1) is 20.5. The van der Waals surface area contributed by atoms with Gasteiger partial charge in [0.15, 0.2) is 12.9 Å². The van der Waals surface area contributed by atoms with Crippen LogP contribution in [0.4, 0.5) is 0 Å². The van der Waals surface area contributed by atoms with Gasteiger partial charge in [-0.25, -0.2) is 4.79 Å². The van der Waals surface area contributed by atoms with Gasteiger partial charge in [-0.1, -0.05) is 0 Å². The first-order chi connectivity index (χ1) is 12.4. The van der Waals surface area contributed by atoms with Crippen LogP contribution < -0.4 is 0 Å². The van der Waals surface area contributed by atoms with Crippen molar-refractivity contribution in [2.45, 2.75) is 70.9 Å². The molecule has 6 heteroatoms. The van der Waals surface area contributed by atoms with Crippen LogP contribution in [0.25, 0.3) is 0 Å². The molecule has 0 bridgehead atoms. The van der Waals surface area contributed by atoms with Gasteiger partial charge in [-0.2, -0.15) is 0 Å². The predicted octanol–water partition coefficient (Wildman–Crippen LogP) is 4.52. The minimum Gasteiger partial charge on any atom is -0.490 e. The third-order valence-electron chi connectivity index (χ3n) is 3.72. The normalized spacial score (nSPS) is 19.4. The average Bonchev–Trinajstić information content (AvgIpc) is 3.10. The van der Waals surface area contributed by atoms with Crippen molar-refractivity contribution in [2.75, 3.05) is 13.2 Å². The highest BCUT2D eigenvalue weighted by molar-refractivity contribution is 5.71. The molecular weight excluding hydrogens is 336 g/mol. The molecule has 1 aliphatic heterocycles. The molecule has 0 aromatic carbocycles. The lowest BCUT2D eigenvalue weighted by atomic mass is 10.1. The van der Waals surface area contributed by atoms with E-state index in [1.165, 1.54) is 6.26 Å². The summed E-state index contributed by atoms with van der Waals surface area (Å²) in [4.78, 5) is 11.5. The van der Waals surface area contributed by atoms with Crippen molar-refractivity contribution in [1.29, 1.82) is 0 Å². The molecule has 6 nitrogen and oxygen atoms in total. The zero-order valence-electron chi connectivity index (χ0n) is 15.9. The highest BCUT2D eigenvalue weighted by Gasteiger charge is 2.22. The Hall–Kier alpha value is -1.79. The molecule has 0 radical (unpaired) electrons. The fourth-order valence-electron chi connectivity index (χ4n) is 2.62. The second-order valence-electron chi connectivity index (χ2n) is 7.28. The second-order valence-corrected chi connectivity index (χ2v) is 7.28. The van der Waals surface area contributed by atoms with Crippen molar-refractivity contribution in [3.05, 3.63) is 36.5 Å². The van der Waals surface area contributed by atoms with E-state index in [4.69, 9.17) is 23.4 Å². The maximum atomic E-state index is 11.5. The van der Waals surface area contributed by atoms with Crippen molar-refractivity contribution in [1.82, 2.24) is 0 Å². The molecule has 1 saturated heterocycles. The fourth-order valence-corrected chi connectivity index (χ4v) is 2.62. The van der Waals surface area contributed by atoms with E-state index >= 15 is 0 Å². The molecule has 26 heavy (non-hydrogen) atoms. The fraction of sp³-hybridized carbons (Fsp3) is 0.650. The molecule has 0 saturated carbocycles. The lowest BCUT2D eigenvalue weighted by Crippen LogP contribution is -2.26. The monoisotopic (exact) mass is 366 g/mol. The number of rotatable bonds is 9. The van der Waals surface area contributed by atoms with Crippen LogP contribution in [-0.2, 0) is 23.7 Å². The summed E-state index contributed by atoms with van der Waals surface area (Å²) < 4.78 is 27.6. The van der Waals surface area contributed by atoms with Gasteiger partial charge in [0.25, 0.3) is 0 Å². The van der Waals surface area contributed by atoms with E-state index in [0.29, 0.717) is 0 Å². The van der Waals surface area contributed by atoms with Crippen LogP contribution in [0.15, 0.2) is 35.2 Å². The Morgan fingerprint density at radius 1 is 1.38 bits per heavy atom. The van der Waals surface area contributed by atoms with Crippen LogP contribution in [0.5, 0.6) is 0 Å². The van der Waals surface area contributed by atoms with Gasteiger partial charge in [-0.3, -0.25) is 0 Å². The first-order valence-corrected chi connectivity index (χ1v) is 9.23. The maximum absolute atomic E-state index is 11.5. The molecule has 1 fully saturated rings. The van der Waals surface area contributed by atoms with E-state index in [9.17, 15) is 4.79 Å². The molecule has 0 amide bonds. The smallest absolute Gasteiger partial charge is 0.344 e. The standard InChI is InChI=1S/C20H30O6/c1-20(2,3)26-18(21)15-22-12-6-4-9-17(16-10-8-14-23-16)25-19-11-5-7-13-24-19/h6,8,10,12,14,17,19H,4-5,7,9,11,13,15H2,1-3H3/b12-6-. The van der Waals surface area contributed by atoms with Gasteiger partial charge in [-0.05, 0) is 71.1 Å². The molecule has 2 atom stereocenters. The zero-order chi connectivity index (χ0) is 18.8. The highest BCUT2D eigenvalue weighted by atomic mass is 16.7. The number of carbonyl (C=O) groups excluding carboxylic acids is 1. The quantitative estimate of drug-likeness (QED) is 0.473. The third-order valence-corrected chi connectivity index (χ3v) is 3.72. The van der Waals surface area contributed by atoms with Crippen molar-refractivity contribution >= 4 is 5.97 Å². The maximum Gasteiger partial charge on any atom is 0.344 e. The van der Waals surface area contributed by atoms with Crippen LogP contribution in [0.2, 0.25) is 0 Å². The van der Waals surface area contributed by atoms with E-state index in [1.54, 1.807) is 6.26 Å². The minimum atomic E-state index is -0.501. The van der Waals surface area contributed by atoms with Crippen LogP contribution in [0.3, 0.4) is 0 Å². The second kappa shape index (κ2) is 10.4. The summed E-state index contributed by atoms with van der Waals surface area (Å²) in [5.74, 6) is 0.413. The SMILES string of the molecule is CC(C)(C)OC(=O)CO/C=C\CCC(OC1CCCCO1)c1ccco1. The number of hydrogen-bond acceptors (Lipinski definition) is 6. The third kappa shape index (κ3) is 8.06. The van der Waals surface area contributed by atoms with Crippen LogP contribution in [0.1, 0.15) is 64.7 Å². The Balaban J connectivity index is 1.72. The lowest BCUT2D eigenvalue weighted by molar-refractivity contribution is -0.194. The number of carbonyl (C=O) groups is 1. The van der Waals surface area contributed by atoms with E-state index in [2.05, 4.69) is 0 Å². The van der Waals surface area contributed by atoms with Gasteiger partial charge < -0.3 is 23.4 Å². The molecule has 0 N–H and O–H groups in total. The predicted molar refractivity (Wildman–Crippen MR) is 96.3 cm³/mol. The summed E-state index contributed by atoms with van der Waals surface area (Å²) in [5.41, 5.74) is -0.501. The average molecular weight is 366 g/mol. The van der Waals surface area contributed by atoms with E-state index in [1.807, 2.05) is 39.0 Å². The van der Waals surface area contributed by atoms with E-state index in [0.717, 1.165) is 44.5 Å². The zero-order valence-corrected chi connectivity index (χ0v) is 15.9. The molecule has 1 aromatic heterocycles. The summed E-state index contributed by atoms with van der Waals surface area (Å²) in [5, 5.41) is 0. The van der Waals surface area contributed by atoms with Crippen molar-refractivity contribution in [2.24, 2.45) is 0 Å². The van der Waals surface area contributed by atoms with Gasteiger partial charge in [0, 0.05) is 6.61 Å². The van der Waals surface area contributed by atoms with Gasteiger partial charge >= 0.3 is 5.97 Å². The number of hydrogen-bond donors (Lipinski definition) is 0. The van der Waals surface area contributed by atoms with Gasteiger partial charge in [0.05, 0.1) is 12.5 Å². The molecule has 1 aliphatic rings. The Morgan fingerprint density at radius 3 is 2.88 bits per heavy atom. The first-order valence-electron chi connectivity index (χ1n) is 9.23. The topological polar surface area (TPSA) is 67.1 Å². The lowest BCUT2D eigenvalue weighted by Gasteiger charge is -2.26. The van der Waals surface area contributed by atoms with Crippen molar-refractivity contribution < 1.29 is 28.2 Å². The number of allylic oxidation sites excluding steroid dienone is 1. The molecule has 1 aromatic rings. The summed E-state index contributed by atoms with van der Waals surface area (Å²) in [6.45, 7) is 6.12. The molecule has 2 unspecified atom stereocenters. The Bertz CT molecular complexity index is 537. The minimum absolute atomic E-state index is 0.0954. The van der Waals surface area contributed by atoms with Crippen molar-refractivity contribution in [3.63, 3.8) is 0 Å². The molecule has 2 heterocycles. The summed E-state index contributed by atoms with van der Waals surface area (Å²) in [6.07, 6.45) is 9.28. The van der Waals surface area contributed by atoms with Crippen LogP contribution in [-0.4, -0.2) is 31.1 Å². The molecule has 2 rings (SSSR count). The Morgan fingerprint density at radius 2 is 2.23 bits per heavy atom. The number of ether oxygens (including phenoxy) is 4. The van der Waals surface area contributed by atoms with Gasteiger partial charge in [-0.15, -0.1) is 0 Å². The largest absolute Gasteiger partial charge is 0.490 e. The summed E-state index contributed by atoms with van der Waals surface area (Å²) in [7, 11) is 0. The highest BCUT2D eigenvalue weighted by Crippen LogP contribution is 2.28. The summed E-state index contributed by atoms with van der Waals surface area (Å²) in [6, 6.07) is 3.77. The van der Waals surface area contributed by atoms with Crippen LogP contribution in [0, 0.1) is 0 Å². The van der Waals surface area contributed by atoms with Crippen LogP contribution >= 0.6 is 0 Å². The Labute approximate surface area is 155 Å². The molecule has 0 spiro atoms. The number of esters is 1. The summed E-state index contributed by atoms with van der Waals surface area (Å²) >= 11 is 0. The Kier molecular flexibility index (Phi) is 8.19. The molecule has 0 aliphatic carbocycles.